The summed E-state index contributed by atoms with van der Waals surface area (Å²) in [7, 11) is 0. The van der Waals surface area contributed by atoms with Gasteiger partial charge in [0.15, 0.2) is 0 Å². The monoisotopic (exact) mass is 171 g/mol. The van der Waals surface area contributed by atoms with Crippen LogP contribution in [0.4, 0.5) is 4.79 Å². The minimum atomic E-state index is -0.0616. The highest BCUT2D eigenvalue weighted by atomic mass is 16.2. The lowest BCUT2D eigenvalue weighted by Gasteiger charge is -2.17. The smallest absolute Gasteiger partial charge is 0.324 e. The fraction of sp³-hybridized carbons (Fsp3) is 0.889. The molecule has 0 aliphatic carbocycles. The van der Waals surface area contributed by atoms with Crippen molar-refractivity contribution < 1.29 is 4.79 Å². The van der Waals surface area contributed by atoms with Gasteiger partial charge in [-0.05, 0) is 20.3 Å². The van der Waals surface area contributed by atoms with E-state index in [0.717, 1.165) is 25.9 Å². The van der Waals surface area contributed by atoms with E-state index in [1.54, 1.807) is 4.90 Å². The van der Waals surface area contributed by atoms with Crippen molar-refractivity contribution in [1.82, 2.24) is 10.2 Å². The van der Waals surface area contributed by atoms with Crippen LogP contribution in [0.5, 0.6) is 0 Å². The molecule has 0 N–H and O–H groups in total. The maximum Gasteiger partial charge on any atom is 0.338 e. The third-order valence-corrected chi connectivity index (χ3v) is 1.79. The zero-order valence-electron chi connectivity index (χ0n) is 8.34. The van der Waals surface area contributed by atoms with Crippen LogP contribution in [0.25, 0.3) is 0 Å². The normalized spacial score (nSPS) is 9.58. The minimum absolute atomic E-state index is 0.0616. The highest BCUT2D eigenvalue weighted by Gasteiger charge is 2.08. The van der Waals surface area contributed by atoms with E-state index >= 15 is 0 Å². The molecule has 3 nitrogen and oxygen atoms in total. The van der Waals surface area contributed by atoms with Crippen LogP contribution in [0.15, 0.2) is 0 Å². The first-order valence-corrected chi connectivity index (χ1v) is 4.72. The molecule has 0 aliphatic rings. The molecule has 0 unspecified atom stereocenters. The van der Waals surface area contributed by atoms with Crippen molar-refractivity contribution in [3.05, 3.63) is 0 Å². The number of urea groups is 1. The molecular weight excluding hydrogens is 152 g/mol. The minimum Gasteiger partial charge on any atom is -0.324 e. The predicted molar refractivity (Wildman–Crippen MR) is 50.2 cm³/mol. The summed E-state index contributed by atoms with van der Waals surface area (Å²) in [5.41, 5.74) is 0. The number of hydrogen-bond acceptors (Lipinski definition) is 1. The van der Waals surface area contributed by atoms with Gasteiger partial charge in [0.1, 0.15) is 0 Å². The Kier molecular flexibility index (Phi) is 6.53. The zero-order chi connectivity index (χ0) is 9.40. The van der Waals surface area contributed by atoms with Crippen molar-refractivity contribution in [2.24, 2.45) is 0 Å². The number of rotatable bonds is 5. The Morgan fingerprint density at radius 3 is 2.25 bits per heavy atom. The summed E-state index contributed by atoms with van der Waals surface area (Å²) in [4.78, 5) is 13.0. The molecule has 0 fully saturated rings. The second-order valence-corrected chi connectivity index (χ2v) is 2.69. The van der Waals surface area contributed by atoms with Crippen molar-refractivity contribution in [1.29, 1.82) is 0 Å². The van der Waals surface area contributed by atoms with Crippen LogP contribution in [-0.4, -0.2) is 30.6 Å². The largest absolute Gasteiger partial charge is 0.338 e. The van der Waals surface area contributed by atoms with Gasteiger partial charge in [-0.3, -0.25) is 0 Å². The van der Waals surface area contributed by atoms with Crippen molar-refractivity contribution in [2.75, 3.05) is 19.6 Å². The van der Waals surface area contributed by atoms with E-state index in [4.69, 9.17) is 0 Å². The van der Waals surface area contributed by atoms with Gasteiger partial charge in [-0.2, -0.15) is 0 Å². The van der Waals surface area contributed by atoms with Gasteiger partial charge in [0.2, 0.25) is 0 Å². The summed E-state index contributed by atoms with van der Waals surface area (Å²) in [6.45, 7) is 8.21. The molecule has 3 heteroatoms. The molecule has 0 saturated heterocycles. The Morgan fingerprint density at radius 2 is 1.83 bits per heavy atom. The van der Waals surface area contributed by atoms with Crippen LogP contribution in [-0.2, 0) is 0 Å². The number of nitrogens with zero attached hydrogens (tertiary/aromatic N) is 2. The van der Waals surface area contributed by atoms with Gasteiger partial charge in [0.05, 0.1) is 0 Å². The summed E-state index contributed by atoms with van der Waals surface area (Å²) in [6, 6.07) is -0.0616. The number of amides is 2. The van der Waals surface area contributed by atoms with Crippen LogP contribution in [0.3, 0.4) is 0 Å². The maximum atomic E-state index is 11.2. The average Bonchev–Trinajstić information content (AvgIpc) is 2.07. The molecule has 0 aromatic carbocycles. The summed E-state index contributed by atoms with van der Waals surface area (Å²) in [5.74, 6) is 0. The van der Waals surface area contributed by atoms with Gasteiger partial charge >= 0.3 is 6.03 Å². The van der Waals surface area contributed by atoms with Gasteiger partial charge in [-0.15, -0.1) is 0 Å². The van der Waals surface area contributed by atoms with Gasteiger partial charge in [-0.1, -0.05) is 13.3 Å². The van der Waals surface area contributed by atoms with E-state index < -0.39 is 0 Å². The van der Waals surface area contributed by atoms with Crippen molar-refractivity contribution in [3.63, 3.8) is 0 Å². The molecule has 0 saturated carbocycles. The molecule has 0 spiro atoms. The highest BCUT2D eigenvalue weighted by molar-refractivity contribution is 5.73. The lowest BCUT2D eigenvalue weighted by atomic mass is 10.3. The van der Waals surface area contributed by atoms with Crippen LogP contribution >= 0.6 is 0 Å². The summed E-state index contributed by atoms with van der Waals surface area (Å²) in [6.07, 6.45) is 2.10. The Bertz CT molecular complexity index is 122. The Balaban J connectivity index is 3.54. The summed E-state index contributed by atoms with van der Waals surface area (Å²) < 4.78 is 0. The third-order valence-electron chi connectivity index (χ3n) is 1.79. The van der Waals surface area contributed by atoms with E-state index in [1.807, 2.05) is 13.8 Å². The Labute approximate surface area is 75.1 Å². The van der Waals surface area contributed by atoms with E-state index in [-0.39, 0.29) is 6.03 Å². The molecule has 1 radical (unpaired) electrons. The zero-order valence-corrected chi connectivity index (χ0v) is 8.34. The van der Waals surface area contributed by atoms with Crippen LogP contribution < -0.4 is 5.32 Å². The molecular formula is C9H19N2O. The molecule has 0 aliphatic heterocycles. The number of hydrogen-bond donors (Lipinski definition) is 0. The van der Waals surface area contributed by atoms with Crippen LogP contribution in [0.1, 0.15) is 33.6 Å². The first-order chi connectivity index (χ1) is 5.76. The van der Waals surface area contributed by atoms with Crippen LogP contribution in [0.2, 0.25) is 0 Å². The number of carbonyl (C=O) groups is 1. The van der Waals surface area contributed by atoms with E-state index in [0.29, 0.717) is 6.54 Å². The van der Waals surface area contributed by atoms with E-state index in [1.165, 1.54) is 0 Å². The lowest BCUT2D eigenvalue weighted by molar-refractivity contribution is 0.202. The van der Waals surface area contributed by atoms with E-state index in [2.05, 4.69) is 12.2 Å². The lowest BCUT2D eigenvalue weighted by Crippen LogP contribution is -2.35. The van der Waals surface area contributed by atoms with Gasteiger partial charge in [-0.25, -0.2) is 10.1 Å². The van der Waals surface area contributed by atoms with Crippen molar-refractivity contribution in [2.45, 2.75) is 33.6 Å². The molecule has 2 amide bonds. The summed E-state index contributed by atoms with van der Waals surface area (Å²) in [5, 5.41) is 3.94. The topological polar surface area (TPSA) is 34.4 Å². The average molecular weight is 171 g/mol. The van der Waals surface area contributed by atoms with Gasteiger partial charge in [0.25, 0.3) is 0 Å². The van der Waals surface area contributed by atoms with Crippen LogP contribution in [0, 0.1) is 0 Å². The summed E-state index contributed by atoms with van der Waals surface area (Å²) >= 11 is 0. The fourth-order valence-electron chi connectivity index (χ4n) is 0.927. The SMILES string of the molecule is CCCC[N]C(=O)N(CC)CC. The standard InChI is InChI=1S/C9H19N2O/c1-4-7-8-10-9(12)11(5-2)6-3/h4-8H2,1-3H3. The number of carbonyl (C=O) groups excluding carboxylic acids is 1. The second-order valence-electron chi connectivity index (χ2n) is 2.69. The molecule has 0 aromatic heterocycles. The third kappa shape index (κ3) is 4.21. The molecule has 0 bridgehead atoms. The predicted octanol–water partition coefficient (Wildman–Crippen LogP) is 1.85. The second kappa shape index (κ2) is 6.95. The molecule has 12 heavy (non-hydrogen) atoms. The number of unbranched alkanes of at least 4 members (excludes halogenated alkanes) is 1. The Hall–Kier alpha value is -0.730. The van der Waals surface area contributed by atoms with Gasteiger partial charge in [0, 0.05) is 19.6 Å². The quantitative estimate of drug-likeness (QED) is 0.581. The van der Waals surface area contributed by atoms with E-state index in [9.17, 15) is 4.79 Å². The maximum absolute atomic E-state index is 11.2. The first-order valence-electron chi connectivity index (χ1n) is 4.72. The van der Waals surface area contributed by atoms with Crippen molar-refractivity contribution in [3.8, 4) is 0 Å². The fourth-order valence-corrected chi connectivity index (χ4v) is 0.927. The molecule has 0 aromatic rings. The first kappa shape index (κ1) is 11.3. The highest BCUT2D eigenvalue weighted by Crippen LogP contribution is 1.91. The van der Waals surface area contributed by atoms with Crippen molar-refractivity contribution >= 4 is 6.03 Å². The molecule has 0 rings (SSSR count). The molecule has 0 atom stereocenters. The van der Waals surface area contributed by atoms with Gasteiger partial charge < -0.3 is 4.90 Å². The molecule has 0 heterocycles. The molecule has 71 valence electrons. The Morgan fingerprint density at radius 1 is 1.25 bits per heavy atom.